The molecule has 3 heteroatoms. The molecule has 0 fully saturated rings. The number of hydrogen-bond acceptors (Lipinski definition) is 2. The molecule has 112 valence electrons. The minimum Gasteiger partial charge on any atom is -0.157 e. The monoisotopic (exact) mass is 336 g/mol. The quantitative estimate of drug-likeness (QED) is 0.611. The van der Waals surface area contributed by atoms with Gasteiger partial charge in [0.25, 0.3) is 0 Å². The predicted molar refractivity (Wildman–Crippen MR) is 96.9 cm³/mol. The van der Waals surface area contributed by atoms with Crippen molar-refractivity contribution in [1.29, 1.82) is 0 Å². The number of alkyl halides is 1. The minimum absolute atomic E-state index is 0.00120. The molecule has 0 bridgehead atoms. The van der Waals surface area contributed by atoms with E-state index in [1.165, 1.54) is 33.7 Å². The van der Waals surface area contributed by atoms with Crippen molar-refractivity contribution in [2.45, 2.75) is 37.8 Å². The Kier molecular flexibility index (Phi) is 4.98. The Balaban J connectivity index is 1.78. The first-order valence-corrected chi connectivity index (χ1v) is 9.96. The lowest BCUT2D eigenvalue weighted by Gasteiger charge is -2.10. The highest BCUT2D eigenvalue weighted by Gasteiger charge is 2.19. The second-order valence-corrected chi connectivity index (χ2v) is 8.81. The molecule has 0 amide bonds. The van der Waals surface area contributed by atoms with E-state index < -0.39 is 0 Å². The summed E-state index contributed by atoms with van der Waals surface area (Å²) in [5.41, 5.74) is 4.13. The van der Waals surface area contributed by atoms with Gasteiger partial charge in [-0.2, -0.15) is 11.8 Å². The van der Waals surface area contributed by atoms with Crippen LogP contribution < -0.4 is 0 Å². The first-order chi connectivity index (χ1) is 10.1. The molecule has 1 aromatic heterocycles. The number of benzene rings is 1. The van der Waals surface area contributed by atoms with E-state index in [1.54, 1.807) is 4.88 Å². The molecule has 3 rings (SSSR count). The van der Waals surface area contributed by atoms with Crippen LogP contribution in [0.15, 0.2) is 30.3 Å². The van der Waals surface area contributed by atoms with Gasteiger partial charge in [-0.3, -0.25) is 0 Å². The van der Waals surface area contributed by atoms with Crippen molar-refractivity contribution in [2.75, 3.05) is 5.75 Å². The number of thioether (sulfide) groups is 1. The second kappa shape index (κ2) is 6.76. The molecule has 1 aromatic carbocycles. The van der Waals surface area contributed by atoms with Crippen LogP contribution in [0.4, 0.5) is 0 Å². The Bertz CT molecular complexity index is 575. The van der Waals surface area contributed by atoms with Crippen LogP contribution >= 0.6 is 34.7 Å². The lowest BCUT2D eigenvalue weighted by Crippen LogP contribution is -1.96. The Hall–Kier alpha value is -0.440. The maximum atomic E-state index is 6.71. The van der Waals surface area contributed by atoms with Crippen molar-refractivity contribution >= 4 is 34.7 Å². The van der Waals surface area contributed by atoms with Crippen LogP contribution in [0.1, 0.15) is 45.7 Å². The van der Waals surface area contributed by atoms with Crippen LogP contribution in [0.3, 0.4) is 0 Å². The predicted octanol–water partition coefficient (Wildman–Crippen LogP) is 6.06. The van der Waals surface area contributed by atoms with E-state index >= 15 is 0 Å². The van der Waals surface area contributed by atoms with Crippen molar-refractivity contribution in [3.8, 4) is 0 Å². The van der Waals surface area contributed by atoms with Crippen LogP contribution in [0.5, 0.6) is 0 Å². The van der Waals surface area contributed by atoms with E-state index in [0.29, 0.717) is 5.92 Å². The molecule has 0 aliphatic carbocycles. The average Bonchev–Trinajstić information content (AvgIpc) is 2.90. The largest absolute Gasteiger partial charge is 0.157 e. The van der Waals surface area contributed by atoms with Gasteiger partial charge in [-0.25, -0.2) is 0 Å². The van der Waals surface area contributed by atoms with E-state index in [-0.39, 0.29) is 5.38 Å². The molecule has 1 atom stereocenters. The lowest BCUT2D eigenvalue weighted by atomic mass is 10.0. The molecule has 0 radical (unpaired) electrons. The standard InChI is InChI=1S/C18H21ClS2/c1-12(2)9-13-3-5-14(6-4-13)18(19)17-10-15-11-20-8-7-16(15)21-17/h3-6,10,12,18H,7-9,11H2,1-2H3. The number of rotatable bonds is 4. The molecule has 1 unspecified atom stereocenters. The highest BCUT2D eigenvalue weighted by molar-refractivity contribution is 7.98. The Morgan fingerprint density at radius 3 is 2.62 bits per heavy atom. The van der Waals surface area contributed by atoms with Gasteiger partial charge < -0.3 is 0 Å². The molecule has 21 heavy (non-hydrogen) atoms. The zero-order valence-electron chi connectivity index (χ0n) is 12.6. The normalized spacial score (nSPS) is 16.0. The van der Waals surface area contributed by atoms with Gasteiger partial charge in [0, 0.05) is 15.5 Å². The van der Waals surface area contributed by atoms with Crippen molar-refractivity contribution in [3.05, 3.63) is 56.8 Å². The van der Waals surface area contributed by atoms with Gasteiger partial charge in [-0.1, -0.05) is 38.1 Å². The summed E-state index contributed by atoms with van der Waals surface area (Å²) in [7, 11) is 0. The van der Waals surface area contributed by atoms with Gasteiger partial charge in [-0.15, -0.1) is 22.9 Å². The summed E-state index contributed by atoms with van der Waals surface area (Å²) in [6, 6.07) is 11.2. The minimum atomic E-state index is -0.00120. The molecular weight excluding hydrogens is 316 g/mol. The summed E-state index contributed by atoms with van der Waals surface area (Å²) in [5.74, 6) is 3.11. The van der Waals surface area contributed by atoms with Crippen LogP contribution in [0.25, 0.3) is 0 Å². The first-order valence-electron chi connectivity index (χ1n) is 7.55. The maximum absolute atomic E-state index is 6.71. The summed E-state index contributed by atoms with van der Waals surface area (Å²) >= 11 is 10.7. The van der Waals surface area contributed by atoms with Crippen molar-refractivity contribution in [3.63, 3.8) is 0 Å². The third-order valence-corrected chi connectivity index (χ3v) is 6.74. The fourth-order valence-electron chi connectivity index (χ4n) is 2.75. The van der Waals surface area contributed by atoms with Crippen LogP contribution in [-0.4, -0.2) is 5.75 Å². The van der Waals surface area contributed by atoms with Gasteiger partial charge in [-0.05, 0) is 47.3 Å². The summed E-state index contributed by atoms with van der Waals surface area (Å²) in [6.07, 6.45) is 2.35. The Morgan fingerprint density at radius 2 is 1.95 bits per heavy atom. The van der Waals surface area contributed by atoms with Gasteiger partial charge in [0.05, 0.1) is 5.38 Å². The Labute approximate surface area is 140 Å². The van der Waals surface area contributed by atoms with Crippen LogP contribution in [0, 0.1) is 5.92 Å². The molecule has 1 aliphatic heterocycles. The van der Waals surface area contributed by atoms with Gasteiger partial charge in [0.15, 0.2) is 0 Å². The number of halogens is 1. The maximum Gasteiger partial charge on any atom is 0.0927 e. The highest BCUT2D eigenvalue weighted by Crippen LogP contribution is 2.39. The average molecular weight is 337 g/mol. The molecule has 1 aliphatic rings. The second-order valence-electron chi connectivity index (χ2n) is 6.10. The van der Waals surface area contributed by atoms with Crippen LogP contribution in [0.2, 0.25) is 0 Å². The summed E-state index contributed by atoms with van der Waals surface area (Å²) in [4.78, 5) is 2.85. The SMILES string of the molecule is CC(C)Cc1ccc(C(Cl)c2cc3c(s2)CCSC3)cc1. The topological polar surface area (TPSA) is 0 Å². The van der Waals surface area contributed by atoms with Crippen molar-refractivity contribution < 1.29 is 0 Å². The van der Waals surface area contributed by atoms with E-state index in [2.05, 4.69) is 44.2 Å². The fraction of sp³-hybridized carbons (Fsp3) is 0.444. The fourth-order valence-corrected chi connectivity index (χ4v) is 5.48. The number of fused-ring (bicyclic) bond motifs is 1. The molecular formula is C18H21ClS2. The highest BCUT2D eigenvalue weighted by atomic mass is 35.5. The number of thiophene rings is 1. The van der Waals surface area contributed by atoms with E-state index in [4.69, 9.17) is 11.6 Å². The molecule has 0 saturated heterocycles. The van der Waals surface area contributed by atoms with E-state index in [1.807, 2.05) is 23.1 Å². The van der Waals surface area contributed by atoms with E-state index in [0.717, 1.165) is 12.2 Å². The molecule has 2 aromatic rings. The lowest BCUT2D eigenvalue weighted by molar-refractivity contribution is 0.647. The molecule has 0 N–H and O–H groups in total. The van der Waals surface area contributed by atoms with E-state index in [9.17, 15) is 0 Å². The molecule has 2 heterocycles. The van der Waals surface area contributed by atoms with Crippen molar-refractivity contribution in [2.24, 2.45) is 5.92 Å². The van der Waals surface area contributed by atoms with Crippen molar-refractivity contribution in [1.82, 2.24) is 0 Å². The molecule has 0 spiro atoms. The van der Waals surface area contributed by atoms with Crippen LogP contribution in [-0.2, 0) is 18.6 Å². The smallest absolute Gasteiger partial charge is 0.0927 e. The third-order valence-electron chi connectivity index (χ3n) is 3.81. The van der Waals surface area contributed by atoms with Gasteiger partial charge in [0.2, 0.25) is 0 Å². The number of aryl methyl sites for hydroxylation is 1. The first kappa shape index (κ1) is 15.5. The molecule has 0 saturated carbocycles. The zero-order chi connectivity index (χ0) is 14.8. The number of hydrogen-bond donors (Lipinski definition) is 0. The summed E-state index contributed by atoms with van der Waals surface area (Å²) in [6.45, 7) is 4.51. The van der Waals surface area contributed by atoms with Gasteiger partial charge in [0.1, 0.15) is 0 Å². The summed E-state index contributed by atoms with van der Waals surface area (Å²) in [5, 5.41) is -0.00120. The Morgan fingerprint density at radius 1 is 1.19 bits per heavy atom. The molecule has 0 nitrogen and oxygen atoms in total. The summed E-state index contributed by atoms with van der Waals surface area (Å²) < 4.78 is 0. The zero-order valence-corrected chi connectivity index (χ0v) is 15.0. The van der Waals surface area contributed by atoms with Gasteiger partial charge >= 0.3 is 0 Å². The third kappa shape index (κ3) is 3.67.